The molecule has 2 aliphatic heterocycles. The second kappa shape index (κ2) is 6.92. The van der Waals surface area contributed by atoms with Gasteiger partial charge in [0.25, 0.3) is 0 Å². The molecule has 2 aromatic rings. The summed E-state index contributed by atoms with van der Waals surface area (Å²) in [5.41, 5.74) is 2.83. The molecule has 144 valence electrons. The maximum Gasteiger partial charge on any atom is 0.224 e. The number of nitrogens with zero attached hydrogens (tertiary/aromatic N) is 4. The molecule has 0 bridgehead atoms. The molecule has 1 saturated heterocycles. The number of aryl methyl sites for hydroxylation is 1. The van der Waals surface area contributed by atoms with E-state index in [2.05, 4.69) is 19.8 Å². The van der Waals surface area contributed by atoms with Crippen LogP contribution in [0.3, 0.4) is 0 Å². The average Bonchev–Trinajstić information content (AvgIpc) is 2.61. The van der Waals surface area contributed by atoms with Crippen molar-refractivity contribution in [3.63, 3.8) is 0 Å². The lowest BCUT2D eigenvalue weighted by molar-refractivity contribution is 0.0935. The molecule has 1 unspecified atom stereocenters. The zero-order valence-corrected chi connectivity index (χ0v) is 16.8. The molecule has 1 aromatic heterocycles. The van der Waals surface area contributed by atoms with Crippen molar-refractivity contribution in [3.05, 3.63) is 40.8 Å². The van der Waals surface area contributed by atoms with E-state index in [0.717, 1.165) is 35.9 Å². The number of morpholine rings is 1. The number of anilines is 2. The summed E-state index contributed by atoms with van der Waals surface area (Å²) >= 11 is 6.13. The summed E-state index contributed by atoms with van der Waals surface area (Å²) in [4.78, 5) is 13.6. The Labute approximate surface area is 163 Å². The number of hydrogen-bond acceptors (Lipinski definition) is 7. The Bertz CT molecular complexity index is 965. The highest BCUT2D eigenvalue weighted by atomic mass is 35.5. The van der Waals surface area contributed by atoms with Gasteiger partial charge in [-0.25, -0.2) is 13.4 Å². The molecule has 0 amide bonds. The maximum absolute atomic E-state index is 11.7. The van der Waals surface area contributed by atoms with Gasteiger partial charge in [0.05, 0.1) is 29.8 Å². The molecule has 9 heteroatoms. The van der Waals surface area contributed by atoms with Crippen LogP contribution in [0.4, 0.5) is 11.5 Å². The van der Waals surface area contributed by atoms with Crippen LogP contribution in [0.2, 0.25) is 5.28 Å². The van der Waals surface area contributed by atoms with Crippen LogP contribution >= 0.6 is 11.6 Å². The second-order valence-electron chi connectivity index (χ2n) is 6.97. The van der Waals surface area contributed by atoms with Crippen molar-refractivity contribution in [2.45, 2.75) is 24.4 Å². The van der Waals surface area contributed by atoms with Gasteiger partial charge < -0.3 is 14.5 Å². The largest absolute Gasteiger partial charge is 0.377 e. The highest BCUT2D eigenvalue weighted by molar-refractivity contribution is 7.90. The van der Waals surface area contributed by atoms with Gasteiger partial charge in [0, 0.05) is 25.9 Å². The Balaban J connectivity index is 1.69. The summed E-state index contributed by atoms with van der Waals surface area (Å²) in [6.07, 6.45) is 1.21. The second-order valence-corrected chi connectivity index (χ2v) is 9.32. The molecule has 4 rings (SSSR count). The summed E-state index contributed by atoms with van der Waals surface area (Å²) in [6.45, 7) is 5.45. The zero-order valence-electron chi connectivity index (χ0n) is 15.2. The van der Waals surface area contributed by atoms with Crippen LogP contribution in [0.25, 0.3) is 0 Å². The van der Waals surface area contributed by atoms with Gasteiger partial charge in [-0.15, -0.1) is 0 Å². The first-order valence-electron chi connectivity index (χ1n) is 8.75. The molecule has 7 nitrogen and oxygen atoms in total. The number of aromatic nitrogens is 2. The van der Waals surface area contributed by atoms with Crippen LogP contribution in [0.15, 0.2) is 29.2 Å². The molecule has 0 radical (unpaired) electrons. The minimum absolute atomic E-state index is 0.201. The van der Waals surface area contributed by atoms with Gasteiger partial charge in [0.15, 0.2) is 15.7 Å². The summed E-state index contributed by atoms with van der Waals surface area (Å²) in [5, 5.41) is 0.246. The standard InChI is InChI=1S/C18H21ClN4O3S/c1-12-16-17(21-18(19)20-12)23-7-8-26-11-14(23)10-22(16)9-13-3-5-15(6-4-13)27(2,24)25/h3-6,14H,7-11H2,1-2H3. The number of fused-ring (bicyclic) bond motifs is 3. The van der Waals surface area contributed by atoms with Gasteiger partial charge in [0.1, 0.15) is 5.69 Å². The van der Waals surface area contributed by atoms with Gasteiger partial charge in [-0.05, 0) is 36.2 Å². The lowest BCUT2D eigenvalue weighted by Crippen LogP contribution is -2.55. The smallest absolute Gasteiger partial charge is 0.224 e. The lowest BCUT2D eigenvalue weighted by Gasteiger charge is -2.46. The predicted molar refractivity (Wildman–Crippen MR) is 104 cm³/mol. The average molecular weight is 409 g/mol. The highest BCUT2D eigenvalue weighted by Gasteiger charge is 2.35. The third-order valence-corrected chi connectivity index (χ3v) is 6.28. The first-order chi connectivity index (χ1) is 12.8. The van der Waals surface area contributed by atoms with E-state index in [0.29, 0.717) is 24.7 Å². The lowest BCUT2D eigenvalue weighted by atomic mass is 10.1. The third-order valence-electron chi connectivity index (χ3n) is 4.98. The van der Waals surface area contributed by atoms with E-state index < -0.39 is 9.84 Å². The SMILES string of the molecule is Cc1nc(Cl)nc2c1N(Cc1ccc(S(C)(=O)=O)cc1)CC1COCCN21. The van der Waals surface area contributed by atoms with Crippen molar-refractivity contribution < 1.29 is 13.2 Å². The van der Waals surface area contributed by atoms with Crippen molar-refractivity contribution in [3.8, 4) is 0 Å². The van der Waals surface area contributed by atoms with Crippen LogP contribution in [-0.2, 0) is 21.1 Å². The highest BCUT2D eigenvalue weighted by Crippen LogP contribution is 2.38. The van der Waals surface area contributed by atoms with E-state index in [1.807, 2.05) is 19.1 Å². The van der Waals surface area contributed by atoms with E-state index in [-0.39, 0.29) is 11.3 Å². The van der Waals surface area contributed by atoms with E-state index in [4.69, 9.17) is 16.3 Å². The van der Waals surface area contributed by atoms with E-state index in [1.165, 1.54) is 6.26 Å². The van der Waals surface area contributed by atoms with Crippen molar-refractivity contribution >= 4 is 32.9 Å². The maximum atomic E-state index is 11.7. The minimum Gasteiger partial charge on any atom is -0.377 e. The number of benzene rings is 1. The molecule has 1 atom stereocenters. The van der Waals surface area contributed by atoms with Crippen molar-refractivity contribution in [1.29, 1.82) is 0 Å². The monoisotopic (exact) mass is 408 g/mol. The molecular formula is C18H21ClN4O3S. The van der Waals surface area contributed by atoms with Gasteiger partial charge >= 0.3 is 0 Å². The summed E-state index contributed by atoms with van der Waals surface area (Å²) in [6, 6.07) is 7.21. The van der Waals surface area contributed by atoms with E-state index >= 15 is 0 Å². The molecule has 27 heavy (non-hydrogen) atoms. The quantitative estimate of drug-likeness (QED) is 0.719. The van der Waals surface area contributed by atoms with Crippen LogP contribution in [-0.4, -0.2) is 57.0 Å². The van der Waals surface area contributed by atoms with Crippen molar-refractivity contribution in [2.24, 2.45) is 0 Å². The Morgan fingerprint density at radius 2 is 2.00 bits per heavy atom. The fraction of sp³-hybridized carbons (Fsp3) is 0.444. The van der Waals surface area contributed by atoms with Gasteiger partial charge in [-0.2, -0.15) is 4.98 Å². The minimum atomic E-state index is -3.20. The Hall–Kier alpha value is -1.90. The number of ether oxygens (including phenoxy) is 1. The molecular weight excluding hydrogens is 388 g/mol. The number of hydrogen-bond donors (Lipinski definition) is 0. The van der Waals surface area contributed by atoms with Gasteiger partial charge in [-0.3, -0.25) is 0 Å². The number of sulfone groups is 1. The van der Waals surface area contributed by atoms with Crippen molar-refractivity contribution in [2.75, 3.05) is 42.4 Å². The van der Waals surface area contributed by atoms with Gasteiger partial charge in [0.2, 0.25) is 5.28 Å². The molecule has 2 aliphatic rings. The summed E-state index contributed by atoms with van der Waals surface area (Å²) < 4.78 is 29.0. The first-order valence-corrected chi connectivity index (χ1v) is 11.0. The number of rotatable bonds is 3. The molecule has 3 heterocycles. The fourth-order valence-electron chi connectivity index (χ4n) is 3.73. The van der Waals surface area contributed by atoms with E-state index in [1.54, 1.807) is 12.1 Å². The summed E-state index contributed by atoms with van der Waals surface area (Å²) in [5.74, 6) is 0.847. The molecule has 0 spiro atoms. The molecule has 0 aliphatic carbocycles. The summed E-state index contributed by atoms with van der Waals surface area (Å²) in [7, 11) is -3.20. The van der Waals surface area contributed by atoms with Crippen molar-refractivity contribution in [1.82, 2.24) is 9.97 Å². The topological polar surface area (TPSA) is 75.6 Å². The van der Waals surface area contributed by atoms with Crippen LogP contribution in [0.5, 0.6) is 0 Å². The Morgan fingerprint density at radius 3 is 2.70 bits per heavy atom. The fourth-order valence-corrected chi connectivity index (χ4v) is 4.56. The van der Waals surface area contributed by atoms with Crippen LogP contribution < -0.4 is 9.80 Å². The third kappa shape index (κ3) is 3.61. The van der Waals surface area contributed by atoms with Gasteiger partial charge in [-0.1, -0.05) is 12.1 Å². The first kappa shape index (κ1) is 18.5. The molecule has 0 saturated carbocycles. The molecule has 1 fully saturated rings. The number of halogens is 1. The normalized spacial score (nSPS) is 19.6. The van der Waals surface area contributed by atoms with Crippen LogP contribution in [0, 0.1) is 6.92 Å². The molecule has 1 aromatic carbocycles. The molecule has 0 N–H and O–H groups in total. The Morgan fingerprint density at radius 1 is 1.26 bits per heavy atom. The zero-order chi connectivity index (χ0) is 19.2. The predicted octanol–water partition coefficient (Wildman–Crippen LogP) is 2.07. The van der Waals surface area contributed by atoms with Crippen LogP contribution in [0.1, 0.15) is 11.3 Å². The Kier molecular flexibility index (Phi) is 4.73. The van der Waals surface area contributed by atoms with E-state index in [9.17, 15) is 8.42 Å².